The molecule has 0 saturated heterocycles. The molecule has 1 aromatic heterocycles. The Kier molecular flexibility index (Phi) is 4.77. The Morgan fingerprint density at radius 3 is 2.86 bits per heavy atom. The highest BCUT2D eigenvalue weighted by atomic mass is 16.5. The molecule has 0 bridgehead atoms. The van der Waals surface area contributed by atoms with E-state index in [4.69, 9.17) is 10.5 Å². The summed E-state index contributed by atoms with van der Waals surface area (Å²) in [5.41, 5.74) is 8.28. The molecule has 0 aliphatic rings. The van der Waals surface area contributed by atoms with Gasteiger partial charge in [-0.25, -0.2) is 4.79 Å². The SMILES string of the molecule is CCOC(=O)c1cc(N)ccc1NC(C)c1ccccn1. The first-order chi connectivity index (χ1) is 10.1. The van der Waals surface area contributed by atoms with Crippen molar-refractivity contribution < 1.29 is 9.53 Å². The normalized spacial score (nSPS) is 11.7. The van der Waals surface area contributed by atoms with Crippen LogP contribution in [0.15, 0.2) is 42.6 Å². The molecule has 110 valence electrons. The number of anilines is 2. The molecule has 2 rings (SSSR count). The van der Waals surface area contributed by atoms with Crippen LogP contribution in [0.5, 0.6) is 0 Å². The van der Waals surface area contributed by atoms with Crippen LogP contribution in [0.2, 0.25) is 0 Å². The summed E-state index contributed by atoms with van der Waals surface area (Å²) in [6.45, 7) is 4.07. The summed E-state index contributed by atoms with van der Waals surface area (Å²) in [4.78, 5) is 16.3. The highest BCUT2D eigenvalue weighted by Crippen LogP contribution is 2.24. The molecule has 1 aromatic carbocycles. The first kappa shape index (κ1) is 14.8. The fraction of sp³-hybridized carbons (Fsp3) is 0.250. The molecule has 2 aromatic rings. The predicted octanol–water partition coefficient (Wildman–Crippen LogP) is 3.01. The van der Waals surface area contributed by atoms with Crippen LogP contribution in [-0.2, 0) is 4.74 Å². The van der Waals surface area contributed by atoms with Crippen LogP contribution < -0.4 is 11.1 Å². The van der Waals surface area contributed by atoms with E-state index >= 15 is 0 Å². The standard InChI is InChI=1S/C16H19N3O2/c1-3-21-16(20)13-10-12(17)7-8-15(13)19-11(2)14-6-4-5-9-18-14/h4-11,19H,3,17H2,1-2H3. The molecule has 0 amide bonds. The van der Waals surface area contributed by atoms with Crippen LogP contribution in [0.4, 0.5) is 11.4 Å². The van der Waals surface area contributed by atoms with Gasteiger partial charge in [-0.05, 0) is 44.2 Å². The predicted molar refractivity (Wildman–Crippen MR) is 83.1 cm³/mol. The van der Waals surface area contributed by atoms with Crippen molar-refractivity contribution in [2.24, 2.45) is 0 Å². The van der Waals surface area contributed by atoms with Gasteiger partial charge >= 0.3 is 5.97 Å². The second-order valence-electron chi connectivity index (χ2n) is 4.65. The third kappa shape index (κ3) is 3.72. The van der Waals surface area contributed by atoms with E-state index in [1.165, 1.54) is 0 Å². The lowest BCUT2D eigenvalue weighted by Gasteiger charge is -2.17. The Bertz CT molecular complexity index is 614. The Balaban J connectivity index is 2.25. The number of hydrogen-bond donors (Lipinski definition) is 2. The molecule has 0 fully saturated rings. The lowest BCUT2D eigenvalue weighted by atomic mass is 10.1. The van der Waals surface area contributed by atoms with Crippen molar-refractivity contribution in [2.75, 3.05) is 17.7 Å². The van der Waals surface area contributed by atoms with Gasteiger partial charge in [0.25, 0.3) is 0 Å². The van der Waals surface area contributed by atoms with E-state index in [2.05, 4.69) is 10.3 Å². The lowest BCUT2D eigenvalue weighted by Crippen LogP contribution is -2.13. The highest BCUT2D eigenvalue weighted by molar-refractivity contribution is 5.96. The maximum atomic E-state index is 12.0. The largest absolute Gasteiger partial charge is 0.462 e. The molecule has 5 heteroatoms. The summed E-state index contributed by atoms with van der Waals surface area (Å²) in [5, 5.41) is 3.27. The fourth-order valence-corrected chi connectivity index (χ4v) is 2.00. The molecule has 0 spiro atoms. The molecule has 0 aliphatic heterocycles. The summed E-state index contributed by atoms with van der Waals surface area (Å²) in [6.07, 6.45) is 1.74. The van der Waals surface area contributed by atoms with Crippen molar-refractivity contribution in [3.05, 3.63) is 53.9 Å². The van der Waals surface area contributed by atoms with Gasteiger partial charge in [0.05, 0.1) is 23.9 Å². The minimum Gasteiger partial charge on any atom is -0.462 e. The van der Waals surface area contributed by atoms with Gasteiger partial charge in [-0.1, -0.05) is 6.07 Å². The van der Waals surface area contributed by atoms with Crippen LogP contribution in [0.25, 0.3) is 0 Å². The van der Waals surface area contributed by atoms with E-state index in [1.54, 1.807) is 31.3 Å². The van der Waals surface area contributed by atoms with Crippen LogP contribution in [0.3, 0.4) is 0 Å². The molecule has 5 nitrogen and oxygen atoms in total. The van der Waals surface area contributed by atoms with Crippen molar-refractivity contribution in [2.45, 2.75) is 19.9 Å². The molecule has 1 unspecified atom stereocenters. The van der Waals surface area contributed by atoms with Gasteiger partial charge in [-0.15, -0.1) is 0 Å². The number of carbonyl (C=O) groups excluding carboxylic acids is 1. The number of aromatic nitrogens is 1. The number of rotatable bonds is 5. The molecule has 1 atom stereocenters. The van der Waals surface area contributed by atoms with Crippen molar-refractivity contribution in [3.8, 4) is 0 Å². The first-order valence-corrected chi connectivity index (χ1v) is 6.86. The summed E-state index contributed by atoms with van der Waals surface area (Å²) < 4.78 is 5.06. The number of nitrogens with two attached hydrogens (primary N) is 1. The number of nitrogens with one attached hydrogen (secondary N) is 1. The second kappa shape index (κ2) is 6.74. The van der Waals surface area contributed by atoms with Crippen LogP contribution in [0.1, 0.15) is 35.9 Å². The number of pyridine rings is 1. The van der Waals surface area contributed by atoms with Gasteiger partial charge in [-0.2, -0.15) is 0 Å². The zero-order chi connectivity index (χ0) is 15.2. The summed E-state index contributed by atoms with van der Waals surface area (Å²) in [7, 11) is 0. The monoisotopic (exact) mass is 285 g/mol. The molecule has 0 radical (unpaired) electrons. The minimum atomic E-state index is -0.388. The van der Waals surface area contributed by atoms with E-state index in [-0.39, 0.29) is 12.0 Å². The average Bonchev–Trinajstić information content (AvgIpc) is 2.50. The number of ether oxygens (including phenoxy) is 1. The van der Waals surface area contributed by atoms with Gasteiger partial charge in [0.1, 0.15) is 0 Å². The third-order valence-corrected chi connectivity index (χ3v) is 3.04. The number of nitrogens with zero attached hydrogens (tertiary/aromatic N) is 1. The molecule has 21 heavy (non-hydrogen) atoms. The second-order valence-corrected chi connectivity index (χ2v) is 4.65. The minimum absolute atomic E-state index is 0.0389. The maximum absolute atomic E-state index is 12.0. The van der Waals surface area contributed by atoms with Gasteiger partial charge in [0, 0.05) is 17.6 Å². The zero-order valence-electron chi connectivity index (χ0n) is 12.2. The lowest BCUT2D eigenvalue weighted by molar-refractivity contribution is 0.0527. The van der Waals surface area contributed by atoms with E-state index in [0.717, 1.165) is 5.69 Å². The van der Waals surface area contributed by atoms with Crippen LogP contribution in [-0.4, -0.2) is 17.6 Å². The number of nitrogen functional groups attached to an aromatic ring is 1. The van der Waals surface area contributed by atoms with Crippen molar-refractivity contribution in [1.82, 2.24) is 4.98 Å². The number of esters is 1. The van der Waals surface area contributed by atoms with Gasteiger partial charge < -0.3 is 15.8 Å². The molecule has 3 N–H and O–H groups in total. The smallest absolute Gasteiger partial charge is 0.340 e. The topological polar surface area (TPSA) is 77.2 Å². The Morgan fingerprint density at radius 1 is 1.38 bits per heavy atom. The molecular weight excluding hydrogens is 266 g/mol. The zero-order valence-corrected chi connectivity index (χ0v) is 12.2. The molecule has 0 aliphatic carbocycles. The molecule has 1 heterocycles. The first-order valence-electron chi connectivity index (χ1n) is 6.86. The van der Waals surface area contributed by atoms with E-state index in [1.807, 2.05) is 25.1 Å². The van der Waals surface area contributed by atoms with Crippen LogP contribution >= 0.6 is 0 Å². The quantitative estimate of drug-likeness (QED) is 0.652. The van der Waals surface area contributed by atoms with Crippen LogP contribution in [0, 0.1) is 0 Å². The average molecular weight is 285 g/mol. The molecular formula is C16H19N3O2. The Morgan fingerprint density at radius 2 is 2.19 bits per heavy atom. The van der Waals surface area contributed by atoms with E-state index in [9.17, 15) is 4.79 Å². The molecule has 0 saturated carbocycles. The Hall–Kier alpha value is -2.56. The summed E-state index contributed by atoms with van der Waals surface area (Å²) >= 11 is 0. The van der Waals surface area contributed by atoms with Crippen molar-refractivity contribution >= 4 is 17.3 Å². The van der Waals surface area contributed by atoms with Crippen molar-refractivity contribution in [1.29, 1.82) is 0 Å². The maximum Gasteiger partial charge on any atom is 0.340 e. The van der Waals surface area contributed by atoms with Gasteiger partial charge in [0.2, 0.25) is 0 Å². The van der Waals surface area contributed by atoms with Gasteiger partial charge in [-0.3, -0.25) is 4.98 Å². The number of benzene rings is 1. The highest BCUT2D eigenvalue weighted by Gasteiger charge is 2.15. The summed E-state index contributed by atoms with van der Waals surface area (Å²) in [6, 6.07) is 10.8. The Labute approximate surface area is 124 Å². The van der Waals surface area contributed by atoms with E-state index < -0.39 is 0 Å². The fourth-order valence-electron chi connectivity index (χ4n) is 2.00. The number of carbonyl (C=O) groups is 1. The third-order valence-electron chi connectivity index (χ3n) is 3.04. The van der Waals surface area contributed by atoms with Gasteiger partial charge in [0.15, 0.2) is 0 Å². The summed E-state index contributed by atoms with van der Waals surface area (Å²) in [5.74, 6) is -0.388. The van der Waals surface area contributed by atoms with E-state index in [0.29, 0.717) is 23.5 Å². The van der Waals surface area contributed by atoms with Crippen molar-refractivity contribution in [3.63, 3.8) is 0 Å². The number of hydrogen-bond acceptors (Lipinski definition) is 5.